The molecule has 0 radical (unpaired) electrons. The maximum absolute atomic E-state index is 6.13. The van der Waals surface area contributed by atoms with Gasteiger partial charge < -0.3 is 11.1 Å². The lowest BCUT2D eigenvalue weighted by molar-refractivity contribution is 0.318. The van der Waals surface area contributed by atoms with Gasteiger partial charge in [-0.1, -0.05) is 43.0 Å². The van der Waals surface area contributed by atoms with E-state index in [1.54, 1.807) is 6.07 Å². The van der Waals surface area contributed by atoms with Crippen LogP contribution in [-0.2, 0) is 0 Å². The number of nitrogens with two attached hydrogens (primary N) is 1. The second-order valence-corrected chi connectivity index (χ2v) is 6.15. The molecule has 3 nitrogen and oxygen atoms in total. The number of nitrogen functional groups attached to an aromatic ring is 1. The van der Waals surface area contributed by atoms with Gasteiger partial charge in [0.05, 0.1) is 10.0 Å². The average Bonchev–Trinajstić information content (AvgIpc) is 2.38. The smallest absolute Gasteiger partial charge is 0.147 e. The average molecular weight is 302 g/mol. The molecule has 1 heterocycles. The van der Waals surface area contributed by atoms with Crippen LogP contribution in [0.3, 0.4) is 0 Å². The van der Waals surface area contributed by atoms with Crippen molar-refractivity contribution in [3.63, 3.8) is 0 Å². The highest BCUT2D eigenvalue weighted by molar-refractivity contribution is 6.37. The summed E-state index contributed by atoms with van der Waals surface area (Å²) in [5, 5.41) is 4.34. The van der Waals surface area contributed by atoms with Gasteiger partial charge in [0.25, 0.3) is 0 Å². The summed E-state index contributed by atoms with van der Waals surface area (Å²) < 4.78 is 0. The Bertz CT molecular complexity index is 429. The quantitative estimate of drug-likeness (QED) is 0.844. The molecule has 0 saturated heterocycles. The predicted molar refractivity (Wildman–Crippen MR) is 82.9 cm³/mol. The number of anilines is 2. The summed E-state index contributed by atoms with van der Waals surface area (Å²) in [7, 11) is 0. The first-order valence-corrected chi connectivity index (χ1v) is 7.73. The number of hydrogen-bond donors (Lipinski definition) is 2. The SMILES string of the molecule is CCCC1CCC(Nc2nc(N)c(Cl)cc2Cl)CC1. The van der Waals surface area contributed by atoms with E-state index in [2.05, 4.69) is 17.2 Å². The highest BCUT2D eigenvalue weighted by Gasteiger charge is 2.21. The molecule has 0 aliphatic heterocycles. The summed E-state index contributed by atoms with van der Waals surface area (Å²) in [5.74, 6) is 1.87. The second kappa shape index (κ2) is 6.67. The molecule has 0 aromatic carbocycles. The minimum Gasteiger partial charge on any atom is -0.382 e. The van der Waals surface area contributed by atoms with Gasteiger partial charge in [-0.2, -0.15) is 0 Å². The first-order chi connectivity index (χ1) is 9.10. The van der Waals surface area contributed by atoms with Crippen LogP contribution in [0.4, 0.5) is 11.6 Å². The van der Waals surface area contributed by atoms with E-state index in [1.807, 2.05) is 0 Å². The number of rotatable bonds is 4. The fourth-order valence-corrected chi connectivity index (χ4v) is 3.19. The lowest BCUT2D eigenvalue weighted by Gasteiger charge is -2.29. The Hall–Kier alpha value is -0.670. The third-order valence-electron chi connectivity index (χ3n) is 3.84. The molecule has 1 aromatic rings. The van der Waals surface area contributed by atoms with Crippen molar-refractivity contribution in [2.45, 2.75) is 51.5 Å². The molecule has 1 fully saturated rings. The lowest BCUT2D eigenvalue weighted by Crippen LogP contribution is -2.26. The lowest BCUT2D eigenvalue weighted by atomic mass is 9.83. The molecule has 0 spiro atoms. The Balaban J connectivity index is 1.94. The summed E-state index contributed by atoms with van der Waals surface area (Å²) in [6.45, 7) is 2.25. The van der Waals surface area contributed by atoms with Crippen LogP contribution >= 0.6 is 23.2 Å². The molecular formula is C14H21Cl2N3. The normalized spacial score (nSPS) is 23.3. The van der Waals surface area contributed by atoms with E-state index < -0.39 is 0 Å². The molecule has 1 aliphatic rings. The maximum atomic E-state index is 6.13. The van der Waals surface area contributed by atoms with Crippen molar-refractivity contribution < 1.29 is 0 Å². The van der Waals surface area contributed by atoms with E-state index in [-0.39, 0.29) is 0 Å². The minimum absolute atomic E-state index is 0.327. The summed E-state index contributed by atoms with van der Waals surface area (Å²) in [6, 6.07) is 2.09. The van der Waals surface area contributed by atoms with Crippen LogP contribution < -0.4 is 11.1 Å². The molecule has 1 aromatic heterocycles. The van der Waals surface area contributed by atoms with Crippen LogP contribution in [0.5, 0.6) is 0 Å². The Morgan fingerprint density at radius 3 is 2.58 bits per heavy atom. The molecule has 5 heteroatoms. The number of halogens is 2. The van der Waals surface area contributed by atoms with Gasteiger partial charge in [-0.05, 0) is 37.7 Å². The Morgan fingerprint density at radius 2 is 1.95 bits per heavy atom. The molecule has 1 aliphatic carbocycles. The van der Waals surface area contributed by atoms with Crippen molar-refractivity contribution in [1.29, 1.82) is 0 Å². The maximum Gasteiger partial charge on any atom is 0.147 e. The van der Waals surface area contributed by atoms with E-state index in [0.29, 0.717) is 27.7 Å². The van der Waals surface area contributed by atoms with Crippen molar-refractivity contribution in [2.75, 3.05) is 11.1 Å². The molecule has 0 atom stereocenters. The van der Waals surface area contributed by atoms with E-state index in [9.17, 15) is 0 Å². The van der Waals surface area contributed by atoms with Crippen LogP contribution in [0.2, 0.25) is 10.0 Å². The molecule has 19 heavy (non-hydrogen) atoms. The van der Waals surface area contributed by atoms with Crippen molar-refractivity contribution >= 4 is 34.8 Å². The van der Waals surface area contributed by atoms with Crippen molar-refractivity contribution in [3.8, 4) is 0 Å². The molecule has 2 rings (SSSR count). The van der Waals surface area contributed by atoms with Crippen molar-refractivity contribution in [2.24, 2.45) is 5.92 Å². The summed E-state index contributed by atoms with van der Waals surface area (Å²) in [4.78, 5) is 4.22. The number of aromatic nitrogens is 1. The van der Waals surface area contributed by atoms with Gasteiger partial charge in [0.1, 0.15) is 11.6 Å². The molecule has 0 amide bonds. The first-order valence-electron chi connectivity index (χ1n) is 6.98. The zero-order chi connectivity index (χ0) is 13.8. The number of nitrogens with one attached hydrogen (secondary N) is 1. The van der Waals surface area contributed by atoms with Gasteiger partial charge in [0.2, 0.25) is 0 Å². The fourth-order valence-electron chi connectivity index (χ4n) is 2.78. The van der Waals surface area contributed by atoms with Crippen LogP contribution in [-0.4, -0.2) is 11.0 Å². The Kier molecular flexibility index (Phi) is 5.17. The minimum atomic E-state index is 0.327. The van der Waals surface area contributed by atoms with Gasteiger partial charge >= 0.3 is 0 Å². The van der Waals surface area contributed by atoms with Crippen LogP contribution in [0, 0.1) is 5.92 Å². The molecule has 3 N–H and O–H groups in total. The molecule has 0 unspecified atom stereocenters. The topological polar surface area (TPSA) is 50.9 Å². The highest BCUT2D eigenvalue weighted by Crippen LogP contribution is 2.32. The van der Waals surface area contributed by atoms with Crippen LogP contribution in [0.15, 0.2) is 6.07 Å². The zero-order valence-electron chi connectivity index (χ0n) is 11.3. The summed E-state index contributed by atoms with van der Waals surface area (Å²) in [6.07, 6.45) is 7.54. The van der Waals surface area contributed by atoms with E-state index >= 15 is 0 Å². The Labute approximate surface area is 124 Å². The number of nitrogens with zero attached hydrogens (tertiary/aromatic N) is 1. The molecule has 0 bridgehead atoms. The van der Waals surface area contributed by atoms with Crippen molar-refractivity contribution in [1.82, 2.24) is 4.98 Å². The highest BCUT2D eigenvalue weighted by atomic mass is 35.5. The first kappa shape index (κ1) is 14.7. The summed E-state index contributed by atoms with van der Waals surface area (Å²) in [5.41, 5.74) is 5.71. The van der Waals surface area contributed by atoms with Crippen LogP contribution in [0.25, 0.3) is 0 Å². The number of pyridine rings is 1. The standard InChI is InChI=1S/C14H21Cl2N3/c1-2-3-9-4-6-10(7-5-9)18-14-12(16)8-11(15)13(17)19-14/h8-10H,2-7H2,1H3,(H3,17,18,19). The largest absolute Gasteiger partial charge is 0.382 e. The zero-order valence-corrected chi connectivity index (χ0v) is 12.8. The van der Waals surface area contributed by atoms with Gasteiger partial charge in [-0.3, -0.25) is 0 Å². The third-order valence-corrected chi connectivity index (χ3v) is 4.43. The molecular weight excluding hydrogens is 281 g/mol. The van der Waals surface area contributed by atoms with Gasteiger partial charge in [-0.25, -0.2) is 4.98 Å². The van der Waals surface area contributed by atoms with Gasteiger partial charge in [0.15, 0.2) is 0 Å². The van der Waals surface area contributed by atoms with Gasteiger partial charge in [0, 0.05) is 6.04 Å². The number of hydrogen-bond acceptors (Lipinski definition) is 3. The van der Waals surface area contributed by atoms with E-state index in [4.69, 9.17) is 28.9 Å². The third kappa shape index (κ3) is 3.90. The summed E-state index contributed by atoms with van der Waals surface area (Å²) >= 11 is 12.0. The molecule has 1 saturated carbocycles. The van der Waals surface area contributed by atoms with Gasteiger partial charge in [-0.15, -0.1) is 0 Å². The molecule has 106 valence electrons. The predicted octanol–water partition coefficient (Wildman–Crippen LogP) is 4.74. The second-order valence-electron chi connectivity index (χ2n) is 5.34. The van der Waals surface area contributed by atoms with Crippen molar-refractivity contribution in [3.05, 3.63) is 16.1 Å². The monoisotopic (exact) mass is 301 g/mol. The van der Waals surface area contributed by atoms with E-state index in [0.717, 1.165) is 5.92 Å². The Morgan fingerprint density at radius 1 is 1.26 bits per heavy atom. The van der Waals surface area contributed by atoms with Crippen LogP contribution in [0.1, 0.15) is 45.4 Å². The van der Waals surface area contributed by atoms with E-state index in [1.165, 1.54) is 38.5 Å². The fraction of sp³-hybridized carbons (Fsp3) is 0.643.